The maximum atomic E-state index is 12.0. The van der Waals surface area contributed by atoms with E-state index in [0.717, 1.165) is 38.5 Å². The molecule has 18 heavy (non-hydrogen) atoms. The van der Waals surface area contributed by atoms with Gasteiger partial charge < -0.3 is 5.11 Å². The summed E-state index contributed by atoms with van der Waals surface area (Å²) < 4.78 is 0. The lowest BCUT2D eigenvalue weighted by atomic mass is 9.74. The van der Waals surface area contributed by atoms with E-state index in [9.17, 15) is 14.7 Å². The molecular formula is C14H23NO3. The van der Waals surface area contributed by atoms with Gasteiger partial charge in [0.25, 0.3) is 0 Å². The average Bonchev–Trinajstić information content (AvgIpc) is 2.55. The van der Waals surface area contributed by atoms with Crippen LogP contribution in [-0.4, -0.2) is 35.0 Å². The van der Waals surface area contributed by atoms with E-state index in [1.807, 2.05) is 0 Å². The molecule has 1 aliphatic carbocycles. The Hall–Kier alpha value is -0.900. The lowest BCUT2D eigenvalue weighted by molar-refractivity contribution is -0.146. The summed E-state index contributed by atoms with van der Waals surface area (Å²) >= 11 is 0. The Morgan fingerprint density at radius 3 is 2.00 bits per heavy atom. The molecule has 1 saturated heterocycles. The van der Waals surface area contributed by atoms with Crippen molar-refractivity contribution in [3.63, 3.8) is 0 Å². The maximum Gasteiger partial charge on any atom is 0.229 e. The van der Waals surface area contributed by atoms with Crippen molar-refractivity contribution in [2.24, 2.45) is 5.41 Å². The smallest absolute Gasteiger partial charge is 0.229 e. The van der Waals surface area contributed by atoms with Crippen LogP contribution in [0.2, 0.25) is 0 Å². The first kappa shape index (κ1) is 13.5. The average molecular weight is 253 g/mol. The van der Waals surface area contributed by atoms with E-state index in [0.29, 0.717) is 19.4 Å². The van der Waals surface area contributed by atoms with Crippen LogP contribution in [0.5, 0.6) is 0 Å². The van der Waals surface area contributed by atoms with E-state index in [1.165, 1.54) is 11.3 Å². The van der Waals surface area contributed by atoms with Gasteiger partial charge in [0.1, 0.15) is 0 Å². The number of hydrogen-bond acceptors (Lipinski definition) is 3. The molecule has 0 aromatic carbocycles. The molecule has 1 N–H and O–H groups in total. The number of carbonyl (C=O) groups excluding carboxylic acids is 2. The molecule has 4 heteroatoms. The predicted octanol–water partition coefficient (Wildman–Crippen LogP) is 1.86. The zero-order chi connectivity index (χ0) is 13.0. The van der Waals surface area contributed by atoms with E-state index < -0.39 is 0 Å². The zero-order valence-electron chi connectivity index (χ0n) is 11.0. The Morgan fingerprint density at radius 2 is 1.50 bits per heavy atom. The van der Waals surface area contributed by atoms with Gasteiger partial charge in [-0.05, 0) is 25.7 Å². The van der Waals surface area contributed by atoms with Crippen molar-refractivity contribution < 1.29 is 14.7 Å². The zero-order valence-corrected chi connectivity index (χ0v) is 11.0. The van der Waals surface area contributed by atoms with Gasteiger partial charge in [0, 0.05) is 24.8 Å². The van der Waals surface area contributed by atoms with E-state index in [2.05, 4.69) is 0 Å². The first-order chi connectivity index (χ1) is 8.67. The minimum Gasteiger partial charge on any atom is -0.396 e. The van der Waals surface area contributed by atoms with Crippen molar-refractivity contribution in [2.75, 3.05) is 13.2 Å². The van der Waals surface area contributed by atoms with Gasteiger partial charge in [0.2, 0.25) is 11.8 Å². The molecule has 2 fully saturated rings. The van der Waals surface area contributed by atoms with Gasteiger partial charge in [-0.3, -0.25) is 14.5 Å². The number of rotatable bonds is 3. The highest BCUT2D eigenvalue weighted by Gasteiger charge is 2.37. The van der Waals surface area contributed by atoms with Crippen molar-refractivity contribution in [1.82, 2.24) is 4.90 Å². The number of aliphatic hydroxyl groups is 1. The lowest BCUT2D eigenvalue weighted by Crippen LogP contribution is -2.46. The third kappa shape index (κ3) is 2.91. The fourth-order valence-electron chi connectivity index (χ4n) is 3.14. The molecule has 2 amide bonds. The van der Waals surface area contributed by atoms with E-state index in [4.69, 9.17) is 0 Å². The van der Waals surface area contributed by atoms with Gasteiger partial charge in [0.05, 0.1) is 6.61 Å². The molecule has 1 heterocycles. The number of hydrogen-bond donors (Lipinski definition) is 1. The lowest BCUT2D eigenvalue weighted by Gasteiger charge is -2.38. The van der Waals surface area contributed by atoms with Crippen LogP contribution >= 0.6 is 0 Å². The topological polar surface area (TPSA) is 57.6 Å². The van der Waals surface area contributed by atoms with E-state index in [-0.39, 0.29) is 23.8 Å². The highest BCUT2D eigenvalue weighted by Crippen LogP contribution is 2.37. The van der Waals surface area contributed by atoms with Crippen LogP contribution in [0.15, 0.2) is 0 Å². The summed E-state index contributed by atoms with van der Waals surface area (Å²) in [5, 5.41) is 9.67. The Labute approximate surface area is 108 Å². The quantitative estimate of drug-likeness (QED) is 0.781. The second kappa shape index (κ2) is 5.83. The molecular weight excluding hydrogens is 230 g/mol. The first-order valence-electron chi connectivity index (χ1n) is 7.11. The van der Waals surface area contributed by atoms with Gasteiger partial charge in [0.15, 0.2) is 0 Å². The van der Waals surface area contributed by atoms with Crippen LogP contribution in [0.4, 0.5) is 0 Å². The minimum absolute atomic E-state index is 0.0455. The molecule has 2 aliphatic rings. The molecule has 1 aliphatic heterocycles. The number of carbonyl (C=O) groups is 2. The van der Waals surface area contributed by atoms with Gasteiger partial charge in [-0.1, -0.05) is 19.3 Å². The van der Waals surface area contributed by atoms with Crippen molar-refractivity contribution >= 4 is 11.8 Å². The highest BCUT2D eigenvalue weighted by atomic mass is 16.3. The fraction of sp³-hybridized carbons (Fsp3) is 0.857. The third-order valence-corrected chi connectivity index (χ3v) is 4.38. The van der Waals surface area contributed by atoms with Crippen LogP contribution in [0.3, 0.4) is 0 Å². The van der Waals surface area contributed by atoms with Gasteiger partial charge in [-0.15, -0.1) is 0 Å². The van der Waals surface area contributed by atoms with E-state index in [1.54, 1.807) is 0 Å². The number of nitrogens with zero attached hydrogens (tertiary/aromatic N) is 1. The predicted molar refractivity (Wildman–Crippen MR) is 67.8 cm³/mol. The third-order valence-electron chi connectivity index (χ3n) is 4.38. The number of aliphatic hydroxyl groups excluding tert-OH is 1. The monoisotopic (exact) mass is 253 g/mol. The number of likely N-dealkylation sites (tertiary alicyclic amines) is 1. The second-order valence-electron chi connectivity index (χ2n) is 5.80. The van der Waals surface area contributed by atoms with Crippen molar-refractivity contribution in [1.29, 1.82) is 0 Å². The molecule has 4 nitrogen and oxygen atoms in total. The van der Waals surface area contributed by atoms with Crippen LogP contribution in [-0.2, 0) is 9.59 Å². The second-order valence-corrected chi connectivity index (χ2v) is 5.80. The van der Waals surface area contributed by atoms with Crippen molar-refractivity contribution in [3.05, 3.63) is 0 Å². The van der Waals surface area contributed by atoms with Gasteiger partial charge >= 0.3 is 0 Å². The molecule has 0 unspecified atom stereocenters. The molecule has 102 valence electrons. The number of amides is 2. The molecule has 0 atom stereocenters. The Kier molecular flexibility index (Phi) is 4.38. The molecule has 0 aromatic heterocycles. The summed E-state index contributed by atoms with van der Waals surface area (Å²) in [7, 11) is 0. The van der Waals surface area contributed by atoms with Crippen LogP contribution in [0.25, 0.3) is 0 Å². The van der Waals surface area contributed by atoms with E-state index >= 15 is 0 Å². The molecule has 1 saturated carbocycles. The van der Waals surface area contributed by atoms with Crippen LogP contribution in [0, 0.1) is 5.41 Å². The Bertz CT molecular complexity index is 303. The highest BCUT2D eigenvalue weighted by molar-refractivity contribution is 5.96. The summed E-state index contributed by atoms with van der Waals surface area (Å²) in [5.74, 6) is -0.0909. The summed E-state index contributed by atoms with van der Waals surface area (Å²) in [6, 6.07) is 0. The molecule has 0 radical (unpaired) electrons. The Balaban J connectivity index is 2.08. The summed E-state index contributed by atoms with van der Waals surface area (Å²) in [4.78, 5) is 25.4. The standard InChI is InChI=1S/C14H23NO3/c16-11-14(8-4-1-5-9-14)10-15-12(17)6-2-3-7-13(15)18/h16H,1-11H2. The first-order valence-corrected chi connectivity index (χ1v) is 7.11. The summed E-state index contributed by atoms with van der Waals surface area (Å²) in [6.45, 7) is 0.519. The van der Waals surface area contributed by atoms with Crippen molar-refractivity contribution in [2.45, 2.75) is 57.8 Å². The minimum atomic E-state index is -0.228. The largest absolute Gasteiger partial charge is 0.396 e. The number of imide groups is 1. The van der Waals surface area contributed by atoms with Crippen LogP contribution < -0.4 is 0 Å². The van der Waals surface area contributed by atoms with Crippen molar-refractivity contribution in [3.8, 4) is 0 Å². The normalized spacial score (nSPS) is 25.1. The van der Waals surface area contributed by atoms with Gasteiger partial charge in [-0.2, -0.15) is 0 Å². The maximum absolute atomic E-state index is 12.0. The molecule has 0 spiro atoms. The SMILES string of the molecule is O=C1CCCCC(=O)N1CC1(CO)CCCCC1. The fourth-order valence-corrected chi connectivity index (χ4v) is 3.14. The summed E-state index contributed by atoms with van der Waals surface area (Å²) in [5.41, 5.74) is -0.228. The summed E-state index contributed by atoms with van der Waals surface area (Å²) in [6.07, 6.45) is 7.83. The molecule has 0 aromatic rings. The van der Waals surface area contributed by atoms with Gasteiger partial charge in [-0.25, -0.2) is 0 Å². The molecule has 2 rings (SSSR count). The van der Waals surface area contributed by atoms with Crippen LogP contribution in [0.1, 0.15) is 57.8 Å². The Morgan fingerprint density at radius 1 is 0.944 bits per heavy atom. The molecule has 0 bridgehead atoms.